The average Bonchev–Trinajstić information content (AvgIpc) is 3.23. The molecule has 0 spiro atoms. The summed E-state index contributed by atoms with van der Waals surface area (Å²) in [5.74, 6) is 0.685. The number of anilines is 2. The Balaban J connectivity index is 1.60. The van der Waals surface area contributed by atoms with Crippen LogP contribution in [0.25, 0.3) is 0 Å². The third-order valence-electron chi connectivity index (χ3n) is 3.95. The van der Waals surface area contributed by atoms with E-state index in [2.05, 4.69) is 21.4 Å². The number of hydrogen-bond donors (Lipinski definition) is 1. The Morgan fingerprint density at radius 2 is 2.10 bits per heavy atom. The zero-order valence-corrected chi connectivity index (χ0v) is 11.6. The highest BCUT2D eigenvalue weighted by atomic mass is 16.2. The van der Waals surface area contributed by atoms with E-state index in [4.69, 9.17) is 0 Å². The number of rotatable bonds is 3. The number of carbonyl (C=O) groups is 1. The van der Waals surface area contributed by atoms with Crippen molar-refractivity contribution < 1.29 is 4.79 Å². The highest BCUT2D eigenvalue weighted by molar-refractivity contribution is 6.06. The lowest BCUT2D eigenvalue weighted by atomic mass is 10.2. The smallest absolute Gasteiger partial charge is 0.277 e. The summed E-state index contributed by atoms with van der Waals surface area (Å²) < 4.78 is 0. The first-order valence-electron chi connectivity index (χ1n) is 7.29. The molecule has 0 atom stereocenters. The molecule has 1 saturated carbocycles. The molecule has 106 valence electrons. The largest absolute Gasteiger partial charge is 0.367 e. The number of amides is 1. The van der Waals surface area contributed by atoms with Gasteiger partial charge in [0.15, 0.2) is 0 Å². The number of aromatic nitrogens is 2. The standard InChI is InChI=1S/C16H16N4O/c21-16(20-8-7-11-3-1-2-4-14(11)20)13-9-15(18-10-17-13)19-12-5-6-12/h1-4,9-10,12H,5-8H2,(H,17,18,19). The molecule has 1 aliphatic carbocycles. The van der Waals surface area contributed by atoms with Gasteiger partial charge in [-0.1, -0.05) is 18.2 Å². The summed E-state index contributed by atoms with van der Waals surface area (Å²) in [6.07, 6.45) is 4.71. The molecule has 0 radical (unpaired) electrons. The Morgan fingerprint density at radius 1 is 1.24 bits per heavy atom. The van der Waals surface area contributed by atoms with E-state index in [0.717, 1.165) is 17.9 Å². The van der Waals surface area contributed by atoms with Crippen molar-refractivity contribution in [2.75, 3.05) is 16.8 Å². The number of para-hydroxylation sites is 1. The molecular weight excluding hydrogens is 264 g/mol. The van der Waals surface area contributed by atoms with Gasteiger partial charge in [0.25, 0.3) is 5.91 Å². The topological polar surface area (TPSA) is 58.1 Å². The second-order valence-corrected chi connectivity index (χ2v) is 5.54. The van der Waals surface area contributed by atoms with E-state index in [0.29, 0.717) is 18.3 Å². The minimum absolute atomic E-state index is 0.0544. The zero-order chi connectivity index (χ0) is 14.2. The highest BCUT2D eigenvalue weighted by Crippen LogP contribution is 2.29. The Bertz CT molecular complexity index is 696. The Morgan fingerprint density at radius 3 is 2.95 bits per heavy atom. The number of carbonyl (C=O) groups excluding carboxylic acids is 1. The van der Waals surface area contributed by atoms with Crippen LogP contribution in [0.15, 0.2) is 36.7 Å². The van der Waals surface area contributed by atoms with Crippen molar-refractivity contribution in [3.05, 3.63) is 47.9 Å². The second-order valence-electron chi connectivity index (χ2n) is 5.54. The van der Waals surface area contributed by atoms with Crippen molar-refractivity contribution in [2.24, 2.45) is 0 Å². The van der Waals surface area contributed by atoms with Gasteiger partial charge in [-0.3, -0.25) is 4.79 Å². The normalized spacial score (nSPS) is 16.7. The molecule has 5 nitrogen and oxygen atoms in total. The maximum Gasteiger partial charge on any atom is 0.277 e. The van der Waals surface area contributed by atoms with Crippen LogP contribution in [0.5, 0.6) is 0 Å². The first-order valence-corrected chi connectivity index (χ1v) is 7.29. The third-order valence-corrected chi connectivity index (χ3v) is 3.95. The minimum Gasteiger partial charge on any atom is -0.367 e. The summed E-state index contributed by atoms with van der Waals surface area (Å²) in [5, 5.41) is 3.30. The van der Waals surface area contributed by atoms with Crippen LogP contribution in [0.2, 0.25) is 0 Å². The molecule has 1 fully saturated rings. The van der Waals surface area contributed by atoms with Gasteiger partial charge in [0.2, 0.25) is 0 Å². The molecule has 1 N–H and O–H groups in total. The monoisotopic (exact) mass is 280 g/mol. The Kier molecular flexibility index (Phi) is 2.84. The second kappa shape index (κ2) is 4.84. The van der Waals surface area contributed by atoms with Gasteiger partial charge in [0, 0.05) is 24.3 Å². The lowest BCUT2D eigenvalue weighted by Gasteiger charge is -2.17. The van der Waals surface area contributed by atoms with E-state index in [1.165, 1.54) is 24.7 Å². The molecular formula is C16H16N4O. The molecule has 1 aliphatic heterocycles. The molecule has 2 heterocycles. The van der Waals surface area contributed by atoms with Gasteiger partial charge in [-0.2, -0.15) is 0 Å². The van der Waals surface area contributed by atoms with E-state index in [-0.39, 0.29) is 5.91 Å². The van der Waals surface area contributed by atoms with Gasteiger partial charge in [-0.15, -0.1) is 0 Å². The van der Waals surface area contributed by atoms with E-state index in [1.54, 1.807) is 11.0 Å². The maximum absolute atomic E-state index is 12.7. The highest BCUT2D eigenvalue weighted by Gasteiger charge is 2.27. The van der Waals surface area contributed by atoms with Crippen LogP contribution >= 0.6 is 0 Å². The summed E-state index contributed by atoms with van der Waals surface area (Å²) in [7, 11) is 0. The molecule has 4 rings (SSSR count). The van der Waals surface area contributed by atoms with Crippen molar-refractivity contribution in [1.29, 1.82) is 0 Å². The fourth-order valence-electron chi connectivity index (χ4n) is 2.68. The summed E-state index contributed by atoms with van der Waals surface area (Å²) in [6.45, 7) is 0.716. The van der Waals surface area contributed by atoms with Crippen LogP contribution in [0.1, 0.15) is 28.9 Å². The molecule has 2 aromatic rings. The van der Waals surface area contributed by atoms with E-state index >= 15 is 0 Å². The summed E-state index contributed by atoms with van der Waals surface area (Å²) in [4.78, 5) is 22.8. The number of benzene rings is 1. The molecule has 1 aromatic carbocycles. The van der Waals surface area contributed by atoms with Gasteiger partial charge >= 0.3 is 0 Å². The van der Waals surface area contributed by atoms with Crippen LogP contribution in [0.3, 0.4) is 0 Å². The van der Waals surface area contributed by atoms with Gasteiger partial charge in [-0.05, 0) is 30.9 Å². The predicted octanol–water partition coefficient (Wildman–Crippen LogP) is 2.25. The van der Waals surface area contributed by atoms with Gasteiger partial charge in [-0.25, -0.2) is 9.97 Å². The van der Waals surface area contributed by atoms with Crippen molar-refractivity contribution in [2.45, 2.75) is 25.3 Å². The SMILES string of the molecule is O=C(c1cc(NC2CC2)ncn1)N1CCc2ccccc21. The molecule has 2 aliphatic rings. The Hall–Kier alpha value is -2.43. The van der Waals surface area contributed by atoms with Crippen molar-refractivity contribution in [1.82, 2.24) is 9.97 Å². The fourth-order valence-corrected chi connectivity index (χ4v) is 2.68. The van der Waals surface area contributed by atoms with Crippen LogP contribution in [0.4, 0.5) is 11.5 Å². The number of hydrogen-bond acceptors (Lipinski definition) is 4. The Labute approximate surface area is 123 Å². The molecule has 0 saturated heterocycles. The van der Waals surface area contributed by atoms with Gasteiger partial charge in [0.05, 0.1) is 0 Å². The van der Waals surface area contributed by atoms with Crippen LogP contribution in [-0.2, 0) is 6.42 Å². The molecule has 1 aromatic heterocycles. The average molecular weight is 280 g/mol. The van der Waals surface area contributed by atoms with E-state index in [1.807, 2.05) is 18.2 Å². The first kappa shape index (κ1) is 12.3. The number of nitrogens with zero attached hydrogens (tertiary/aromatic N) is 3. The third kappa shape index (κ3) is 2.35. The molecule has 0 unspecified atom stereocenters. The van der Waals surface area contributed by atoms with E-state index in [9.17, 15) is 4.79 Å². The quantitative estimate of drug-likeness (QED) is 0.937. The first-order chi connectivity index (χ1) is 10.3. The van der Waals surface area contributed by atoms with Crippen LogP contribution in [-0.4, -0.2) is 28.5 Å². The van der Waals surface area contributed by atoms with E-state index < -0.39 is 0 Å². The minimum atomic E-state index is -0.0544. The van der Waals surface area contributed by atoms with Crippen LogP contribution in [0, 0.1) is 0 Å². The van der Waals surface area contributed by atoms with Crippen LogP contribution < -0.4 is 10.2 Å². The summed E-state index contributed by atoms with van der Waals surface area (Å²) in [6, 6.07) is 10.3. The molecule has 21 heavy (non-hydrogen) atoms. The van der Waals surface area contributed by atoms with Gasteiger partial charge < -0.3 is 10.2 Å². The lowest BCUT2D eigenvalue weighted by molar-refractivity contribution is 0.0984. The van der Waals surface area contributed by atoms with Gasteiger partial charge in [0.1, 0.15) is 17.8 Å². The number of nitrogens with one attached hydrogen (secondary N) is 1. The lowest BCUT2D eigenvalue weighted by Crippen LogP contribution is -2.29. The summed E-state index contributed by atoms with van der Waals surface area (Å²) >= 11 is 0. The molecule has 0 bridgehead atoms. The maximum atomic E-state index is 12.7. The molecule has 5 heteroatoms. The van der Waals surface area contributed by atoms with Crippen molar-refractivity contribution in [3.63, 3.8) is 0 Å². The fraction of sp³-hybridized carbons (Fsp3) is 0.312. The number of fused-ring (bicyclic) bond motifs is 1. The zero-order valence-electron chi connectivity index (χ0n) is 11.6. The van der Waals surface area contributed by atoms with Crippen molar-refractivity contribution >= 4 is 17.4 Å². The summed E-state index contributed by atoms with van der Waals surface area (Å²) in [5.41, 5.74) is 2.67. The molecule has 1 amide bonds. The predicted molar refractivity (Wildman–Crippen MR) is 80.5 cm³/mol. The van der Waals surface area contributed by atoms with Crippen molar-refractivity contribution in [3.8, 4) is 0 Å².